The standard InChI is InChI=1S/C15H22N2O2/c1-11-6-3-4-9-17(11)15(18)12(2)19-14-8-5-7-13(16)10-14/h5,7-8,10-12H,3-4,6,9,16H2,1-2H3. The van der Waals surface area contributed by atoms with Gasteiger partial charge < -0.3 is 15.4 Å². The lowest BCUT2D eigenvalue weighted by molar-refractivity contribution is -0.141. The highest BCUT2D eigenvalue weighted by Crippen LogP contribution is 2.20. The number of piperidine rings is 1. The van der Waals surface area contributed by atoms with Crippen molar-refractivity contribution >= 4 is 11.6 Å². The number of anilines is 1. The van der Waals surface area contributed by atoms with Crippen molar-refractivity contribution in [3.8, 4) is 5.75 Å². The SMILES string of the molecule is CC(Oc1cccc(N)c1)C(=O)N1CCCCC1C. The summed E-state index contributed by atoms with van der Waals surface area (Å²) >= 11 is 0. The van der Waals surface area contributed by atoms with Gasteiger partial charge in [-0.2, -0.15) is 0 Å². The predicted molar refractivity (Wildman–Crippen MR) is 76.0 cm³/mol. The molecule has 104 valence electrons. The molecule has 2 atom stereocenters. The Balaban J connectivity index is 1.99. The minimum atomic E-state index is -0.470. The second-order valence-corrected chi connectivity index (χ2v) is 5.21. The third-order valence-corrected chi connectivity index (χ3v) is 3.60. The van der Waals surface area contributed by atoms with Crippen LogP contribution in [0.25, 0.3) is 0 Å². The molecule has 1 aromatic rings. The predicted octanol–water partition coefficient (Wildman–Crippen LogP) is 2.44. The highest BCUT2D eigenvalue weighted by Gasteiger charge is 2.27. The van der Waals surface area contributed by atoms with Crippen LogP contribution in [-0.4, -0.2) is 29.5 Å². The molecule has 0 spiro atoms. The molecule has 2 rings (SSSR count). The Hall–Kier alpha value is -1.71. The first kappa shape index (κ1) is 13.7. The van der Waals surface area contributed by atoms with E-state index in [-0.39, 0.29) is 5.91 Å². The zero-order valence-electron chi connectivity index (χ0n) is 11.6. The Morgan fingerprint density at radius 1 is 1.47 bits per heavy atom. The van der Waals surface area contributed by atoms with Crippen LogP contribution >= 0.6 is 0 Å². The lowest BCUT2D eigenvalue weighted by atomic mass is 10.0. The molecule has 1 heterocycles. The average molecular weight is 262 g/mol. The van der Waals surface area contributed by atoms with E-state index in [0.717, 1.165) is 19.4 Å². The van der Waals surface area contributed by atoms with Crippen LogP contribution in [0.5, 0.6) is 5.75 Å². The Labute approximate surface area is 114 Å². The number of rotatable bonds is 3. The monoisotopic (exact) mass is 262 g/mol. The number of amides is 1. The highest BCUT2D eigenvalue weighted by molar-refractivity contribution is 5.81. The van der Waals surface area contributed by atoms with Crippen molar-refractivity contribution in [2.45, 2.75) is 45.3 Å². The molecule has 1 amide bonds. The van der Waals surface area contributed by atoms with Crippen LogP contribution in [0.15, 0.2) is 24.3 Å². The summed E-state index contributed by atoms with van der Waals surface area (Å²) in [5.74, 6) is 0.708. The molecule has 0 radical (unpaired) electrons. The second-order valence-electron chi connectivity index (χ2n) is 5.21. The van der Waals surface area contributed by atoms with Gasteiger partial charge in [-0.25, -0.2) is 0 Å². The molecule has 0 aliphatic carbocycles. The lowest BCUT2D eigenvalue weighted by Gasteiger charge is -2.35. The van der Waals surface area contributed by atoms with Gasteiger partial charge in [0.2, 0.25) is 0 Å². The molecular formula is C15H22N2O2. The molecule has 0 saturated carbocycles. The first-order valence-electron chi connectivity index (χ1n) is 6.90. The van der Waals surface area contributed by atoms with Crippen LogP contribution in [0, 0.1) is 0 Å². The molecule has 4 heteroatoms. The van der Waals surface area contributed by atoms with Gasteiger partial charge in [-0.1, -0.05) is 6.07 Å². The number of likely N-dealkylation sites (tertiary alicyclic amines) is 1. The number of benzene rings is 1. The van der Waals surface area contributed by atoms with E-state index in [2.05, 4.69) is 6.92 Å². The van der Waals surface area contributed by atoms with E-state index < -0.39 is 6.10 Å². The highest BCUT2D eigenvalue weighted by atomic mass is 16.5. The smallest absolute Gasteiger partial charge is 0.263 e. The number of hydrogen-bond donors (Lipinski definition) is 1. The fourth-order valence-corrected chi connectivity index (χ4v) is 2.50. The second kappa shape index (κ2) is 5.95. The van der Waals surface area contributed by atoms with Crippen molar-refractivity contribution < 1.29 is 9.53 Å². The zero-order valence-corrected chi connectivity index (χ0v) is 11.6. The average Bonchev–Trinajstić information content (AvgIpc) is 2.38. The number of carbonyl (C=O) groups is 1. The molecule has 0 aromatic heterocycles. The van der Waals surface area contributed by atoms with Crippen LogP contribution in [0.4, 0.5) is 5.69 Å². The number of nitrogens with two attached hydrogens (primary N) is 1. The van der Waals surface area contributed by atoms with Crippen molar-refractivity contribution in [1.82, 2.24) is 4.90 Å². The maximum atomic E-state index is 12.4. The van der Waals surface area contributed by atoms with Gasteiger partial charge >= 0.3 is 0 Å². The minimum Gasteiger partial charge on any atom is -0.481 e. The molecule has 1 aliphatic heterocycles. The third-order valence-electron chi connectivity index (χ3n) is 3.60. The van der Waals surface area contributed by atoms with Crippen molar-refractivity contribution in [2.24, 2.45) is 0 Å². The Kier molecular flexibility index (Phi) is 4.30. The number of carbonyl (C=O) groups excluding carboxylic acids is 1. The van der Waals surface area contributed by atoms with Gasteiger partial charge in [-0.15, -0.1) is 0 Å². The number of ether oxygens (including phenoxy) is 1. The van der Waals surface area contributed by atoms with Crippen molar-refractivity contribution in [2.75, 3.05) is 12.3 Å². The fourth-order valence-electron chi connectivity index (χ4n) is 2.50. The van der Waals surface area contributed by atoms with Crippen LogP contribution in [0.1, 0.15) is 33.1 Å². The third kappa shape index (κ3) is 3.40. The Morgan fingerprint density at radius 2 is 2.26 bits per heavy atom. The molecule has 1 aliphatic rings. The number of hydrogen-bond acceptors (Lipinski definition) is 3. The van der Waals surface area contributed by atoms with Gasteiger partial charge in [0.05, 0.1) is 0 Å². The summed E-state index contributed by atoms with van der Waals surface area (Å²) in [7, 11) is 0. The quantitative estimate of drug-likeness (QED) is 0.851. The molecular weight excluding hydrogens is 240 g/mol. The van der Waals surface area contributed by atoms with Gasteiger partial charge in [0.25, 0.3) is 5.91 Å². The summed E-state index contributed by atoms with van der Waals surface area (Å²) in [6.45, 7) is 4.74. The molecule has 2 unspecified atom stereocenters. The van der Waals surface area contributed by atoms with Crippen molar-refractivity contribution in [1.29, 1.82) is 0 Å². The Morgan fingerprint density at radius 3 is 2.95 bits per heavy atom. The first-order valence-corrected chi connectivity index (χ1v) is 6.90. The molecule has 2 N–H and O–H groups in total. The van der Waals surface area contributed by atoms with Gasteiger partial charge in [-0.05, 0) is 45.2 Å². The summed E-state index contributed by atoms with van der Waals surface area (Å²) in [5.41, 5.74) is 6.34. The molecule has 19 heavy (non-hydrogen) atoms. The van der Waals surface area contributed by atoms with Gasteiger partial charge in [0, 0.05) is 24.3 Å². The number of nitrogen functional groups attached to an aromatic ring is 1. The largest absolute Gasteiger partial charge is 0.481 e. The molecule has 0 bridgehead atoms. The maximum absolute atomic E-state index is 12.4. The summed E-state index contributed by atoms with van der Waals surface area (Å²) in [5, 5.41) is 0. The van der Waals surface area contributed by atoms with E-state index in [0.29, 0.717) is 17.5 Å². The molecule has 1 fully saturated rings. The summed E-state index contributed by atoms with van der Waals surface area (Å²) < 4.78 is 5.69. The van der Waals surface area contributed by atoms with Crippen LogP contribution < -0.4 is 10.5 Å². The summed E-state index contributed by atoms with van der Waals surface area (Å²) in [4.78, 5) is 14.3. The van der Waals surface area contributed by atoms with E-state index >= 15 is 0 Å². The van der Waals surface area contributed by atoms with Gasteiger partial charge in [0.1, 0.15) is 5.75 Å². The topological polar surface area (TPSA) is 55.6 Å². The van der Waals surface area contributed by atoms with Gasteiger partial charge in [-0.3, -0.25) is 4.79 Å². The van der Waals surface area contributed by atoms with Crippen LogP contribution in [0.3, 0.4) is 0 Å². The van der Waals surface area contributed by atoms with E-state index in [1.165, 1.54) is 6.42 Å². The zero-order chi connectivity index (χ0) is 13.8. The van der Waals surface area contributed by atoms with Crippen molar-refractivity contribution in [3.05, 3.63) is 24.3 Å². The van der Waals surface area contributed by atoms with E-state index in [1.54, 1.807) is 19.1 Å². The van der Waals surface area contributed by atoms with E-state index in [4.69, 9.17) is 10.5 Å². The first-order chi connectivity index (χ1) is 9.08. The van der Waals surface area contributed by atoms with Crippen molar-refractivity contribution in [3.63, 3.8) is 0 Å². The maximum Gasteiger partial charge on any atom is 0.263 e. The summed E-state index contributed by atoms with van der Waals surface area (Å²) in [6, 6.07) is 7.49. The molecule has 4 nitrogen and oxygen atoms in total. The Bertz CT molecular complexity index is 448. The molecule has 1 saturated heterocycles. The van der Waals surface area contributed by atoms with Crippen LogP contribution in [-0.2, 0) is 4.79 Å². The number of nitrogens with zero attached hydrogens (tertiary/aromatic N) is 1. The fraction of sp³-hybridized carbons (Fsp3) is 0.533. The summed E-state index contributed by atoms with van der Waals surface area (Å²) in [6.07, 6.45) is 2.90. The normalized spacial score (nSPS) is 20.9. The van der Waals surface area contributed by atoms with E-state index in [1.807, 2.05) is 17.0 Å². The lowest BCUT2D eigenvalue weighted by Crippen LogP contribution is -2.47. The molecule has 1 aromatic carbocycles. The van der Waals surface area contributed by atoms with Crippen LogP contribution in [0.2, 0.25) is 0 Å². The minimum absolute atomic E-state index is 0.0645. The van der Waals surface area contributed by atoms with Gasteiger partial charge in [0.15, 0.2) is 6.10 Å². The van der Waals surface area contributed by atoms with E-state index in [9.17, 15) is 4.79 Å².